The maximum absolute atomic E-state index is 13.2. The lowest BCUT2D eigenvalue weighted by atomic mass is 10.1. The molecule has 0 fully saturated rings. The first-order chi connectivity index (χ1) is 12.5. The SMILES string of the molecule is CCNC(=NCc1ncc(C)c(OC)c1C)NCCc1cccc(F)c1. The Kier molecular flexibility index (Phi) is 7.38. The fourth-order valence-corrected chi connectivity index (χ4v) is 2.74. The number of aliphatic imine (C=N–C) groups is 1. The van der Waals surface area contributed by atoms with Crippen molar-refractivity contribution in [3.63, 3.8) is 0 Å². The number of nitrogens with one attached hydrogen (secondary N) is 2. The Morgan fingerprint density at radius 3 is 2.77 bits per heavy atom. The third-order valence-electron chi connectivity index (χ3n) is 4.08. The van der Waals surface area contributed by atoms with Crippen molar-refractivity contribution < 1.29 is 9.13 Å². The van der Waals surface area contributed by atoms with E-state index < -0.39 is 0 Å². The highest BCUT2D eigenvalue weighted by Crippen LogP contribution is 2.24. The molecule has 2 aromatic rings. The molecular formula is C20H27FN4O. The standard InChI is InChI=1S/C20H27FN4O/c1-5-22-20(23-10-9-16-7-6-8-17(21)11-16)25-13-18-15(3)19(26-4)14(2)12-24-18/h6-8,11-12H,5,9-10,13H2,1-4H3,(H2,22,23,25). The van der Waals surface area contributed by atoms with Gasteiger partial charge in [-0.25, -0.2) is 9.38 Å². The average Bonchev–Trinajstić information content (AvgIpc) is 2.61. The Balaban J connectivity index is 2.00. The van der Waals surface area contributed by atoms with E-state index in [0.717, 1.165) is 41.1 Å². The second-order valence-corrected chi connectivity index (χ2v) is 6.05. The van der Waals surface area contributed by atoms with Crippen LogP contribution in [0.25, 0.3) is 0 Å². The van der Waals surface area contributed by atoms with Gasteiger partial charge in [-0.1, -0.05) is 12.1 Å². The molecule has 0 saturated carbocycles. The van der Waals surface area contributed by atoms with Crippen LogP contribution in [-0.4, -0.2) is 31.1 Å². The van der Waals surface area contributed by atoms with E-state index in [4.69, 9.17) is 4.74 Å². The van der Waals surface area contributed by atoms with Crippen LogP contribution in [0, 0.1) is 19.7 Å². The van der Waals surface area contributed by atoms with Crippen molar-refractivity contribution in [3.8, 4) is 5.75 Å². The van der Waals surface area contributed by atoms with Crippen molar-refractivity contribution in [1.82, 2.24) is 15.6 Å². The van der Waals surface area contributed by atoms with E-state index in [1.54, 1.807) is 25.4 Å². The smallest absolute Gasteiger partial charge is 0.191 e. The lowest BCUT2D eigenvalue weighted by Crippen LogP contribution is -2.38. The number of aromatic nitrogens is 1. The van der Waals surface area contributed by atoms with E-state index in [1.807, 2.05) is 26.8 Å². The van der Waals surface area contributed by atoms with E-state index in [0.29, 0.717) is 19.0 Å². The highest BCUT2D eigenvalue weighted by Gasteiger charge is 2.09. The molecule has 2 N–H and O–H groups in total. The number of halogens is 1. The fourth-order valence-electron chi connectivity index (χ4n) is 2.74. The number of benzene rings is 1. The lowest BCUT2D eigenvalue weighted by molar-refractivity contribution is 0.407. The Hall–Kier alpha value is -2.63. The van der Waals surface area contributed by atoms with Crippen molar-refractivity contribution in [2.45, 2.75) is 33.7 Å². The van der Waals surface area contributed by atoms with Gasteiger partial charge in [0.1, 0.15) is 11.6 Å². The maximum atomic E-state index is 13.2. The minimum atomic E-state index is -0.210. The van der Waals surface area contributed by atoms with E-state index in [1.165, 1.54) is 6.07 Å². The molecule has 0 amide bonds. The molecule has 0 atom stereocenters. The van der Waals surface area contributed by atoms with Gasteiger partial charge >= 0.3 is 0 Å². The number of hydrogen-bond acceptors (Lipinski definition) is 3. The van der Waals surface area contributed by atoms with Crippen LogP contribution in [-0.2, 0) is 13.0 Å². The number of aryl methyl sites for hydroxylation is 1. The third kappa shape index (κ3) is 5.44. The molecule has 0 spiro atoms. The Bertz CT molecular complexity index is 761. The predicted molar refractivity (Wildman–Crippen MR) is 103 cm³/mol. The Morgan fingerprint density at radius 1 is 1.27 bits per heavy atom. The van der Waals surface area contributed by atoms with Gasteiger partial charge < -0.3 is 15.4 Å². The van der Waals surface area contributed by atoms with E-state index in [9.17, 15) is 4.39 Å². The quantitative estimate of drug-likeness (QED) is 0.590. The van der Waals surface area contributed by atoms with Gasteiger partial charge in [0.2, 0.25) is 0 Å². The molecule has 0 bridgehead atoms. The summed E-state index contributed by atoms with van der Waals surface area (Å²) >= 11 is 0. The molecule has 2 rings (SSSR count). The van der Waals surface area contributed by atoms with Crippen molar-refractivity contribution in [2.24, 2.45) is 4.99 Å². The number of methoxy groups -OCH3 is 1. The van der Waals surface area contributed by atoms with Crippen LogP contribution >= 0.6 is 0 Å². The molecule has 0 aliphatic heterocycles. The number of hydrogen-bond donors (Lipinski definition) is 2. The second kappa shape index (κ2) is 9.75. The van der Waals surface area contributed by atoms with Crippen molar-refractivity contribution >= 4 is 5.96 Å². The first kappa shape index (κ1) is 19.7. The van der Waals surface area contributed by atoms with Crippen LogP contribution in [0.1, 0.15) is 29.3 Å². The third-order valence-corrected chi connectivity index (χ3v) is 4.08. The van der Waals surface area contributed by atoms with Crippen LogP contribution in [0.3, 0.4) is 0 Å². The summed E-state index contributed by atoms with van der Waals surface area (Å²) in [5.74, 6) is 1.36. The molecule has 140 valence electrons. The zero-order valence-electron chi connectivity index (χ0n) is 15.9. The molecule has 5 nitrogen and oxygen atoms in total. The summed E-state index contributed by atoms with van der Waals surface area (Å²) in [7, 11) is 1.67. The van der Waals surface area contributed by atoms with Crippen molar-refractivity contribution in [3.05, 3.63) is 58.7 Å². The van der Waals surface area contributed by atoms with Gasteiger partial charge in [0, 0.05) is 30.4 Å². The van der Waals surface area contributed by atoms with E-state index in [-0.39, 0.29) is 5.82 Å². The van der Waals surface area contributed by atoms with Crippen LogP contribution in [0.5, 0.6) is 5.75 Å². The molecule has 0 aliphatic rings. The van der Waals surface area contributed by atoms with Crippen molar-refractivity contribution in [2.75, 3.05) is 20.2 Å². The summed E-state index contributed by atoms with van der Waals surface area (Å²) in [6, 6.07) is 6.65. The molecule has 0 radical (unpaired) electrons. The van der Waals surface area contributed by atoms with Crippen LogP contribution in [0.15, 0.2) is 35.5 Å². The topological polar surface area (TPSA) is 58.5 Å². The fraction of sp³-hybridized carbons (Fsp3) is 0.400. The van der Waals surface area contributed by atoms with Gasteiger partial charge in [-0.15, -0.1) is 0 Å². The number of rotatable bonds is 7. The molecule has 0 aliphatic carbocycles. The lowest BCUT2D eigenvalue weighted by Gasteiger charge is -2.13. The zero-order valence-corrected chi connectivity index (χ0v) is 15.9. The molecule has 1 aromatic carbocycles. The summed E-state index contributed by atoms with van der Waals surface area (Å²) < 4.78 is 18.7. The maximum Gasteiger partial charge on any atom is 0.191 e. The predicted octanol–water partition coefficient (Wildman–Crippen LogP) is 3.14. The number of ether oxygens (including phenoxy) is 1. The van der Waals surface area contributed by atoms with Crippen LogP contribution < -0.4 is 15.4 Å². The van der Waals surface area contributed by atoms with E-state index >= 15 is 0 Å². The summed E-state index contributed by atoms with van der Waals surface area (Å²) in [6.07, 6.45) is 2.53. The molecule has 1 heterocycles. The Labute approximate surface area is 154 Å². The molecule has 6 heteroatoms. The number of guanidine groups is 1. The summed E-state index contributed by atoms with van der Waals surface area (Å²) in [4.78, 5) is 9.07. The summed E-state index contributed by atoms with van der Waals surface area (Å²) in [6.45, 7) is 7.87. The average molecular weight is 358 g/mol. The highest BCUT2D eigenvalue weighted by molar-refractivity contribution is 5.79. The van der Waals surface area contributed by atoms with Crippen LogP contribution in [0.4, 0.5) is 4.39 Å². The first-order valence-corrected chi connectivity index (χ1v) is 8.80. The van der Waals surface area contributed by atoms with Gasteiger partial charge in [0.15, 0.2) is 5.96 Å². The number of nitrogens with zero attached hydrogens (tertiary/aromatic N) is 2. The molecule has 0 unspecified atom stereocenters. The minimum absolute atomic E-state index is 0.210. The van der Waals surface area contributed by atoms with Crippen LogP contribution in [0.2, 0.25) is 0 Å². The number of pyridine rings is 1. The summed E-state index contributed by atoms with van der Waals surface area (Å²) in [5, 5.41) is 6.49. The minimum Gasteiger partial charge on any atom is -0.496 e. The normalized spacial score (nSPS) is 11.3. The monoisotopic (exact) mass is 358 g/mol. The molecular weight excluding hydrogens is 331 g/mol. The summed E-state index contributed by atoms with van der Waals surface area (Å²) in [5.41, 5.74) is 3.86. The van der Waals surface area contributed by atoms with E-state index in [2.05, 4.69) is 20.6 Å². The molecule has 0 saturated heterocycles. The highest BCUT2D eigenvalue weighted by atomic mass is 19.1. The van der Waals surface area contributed by atoms with Crippen molar-refractivity contribution in [1.29, 1.82) is 0 Å². The first-order valence-electron chi connectivity index (χ1n) is 8.80. The van der Waals surface area contributed by atoms with Gasteiger partial charge in [-0.3, -0.25) is 4.98 Å². The Morgan fingerprint density at radius 2 is 2.08 bits per heavy atom. The largest absolute Gasteiger partial charge is 0.496 e. The second-order valence-electron chi connectivity index (χ2n) is 6.05. The van der Waals surface area contributed by atoms with Gasteiger partial charge in [0.25, 0.3) is 0 Å². The van der Waals surface area contributed by atoms with Gasteiger partial charge in [0.05, 0.1) is 19.3 Å². The molecule has 26 heavy (non-hydrogen) atoms. The van der Waals surface area contributed by atoms with Gasteiger partial charge in [-0.05, 0) is 44.9 Å². The zero-order chi connectivity index (χ0) is 18.9. The molecule has 1 aromatic heterocycles. The van der Waals surface area contributed by atoms with Gasteiger partial charge in [-0.2, -0.15) is 0 Å².